The van der Waals surface area contributed by atoms with Crippen LogP contribution in [-0.2, 0) is 0 Å². The van der Waals surface area contributed by atoms with Crippen LogP contribution in [0.2, 0.25) is 0 Å². The zero-order chi connectivity index (χ0) is 10.7. The van der Waals surface area contributed by atoms with E-state index in [2.05, 4.69) is 21.7 Å². The summed E-state index contributed by atoms with van der Waals surface area (Å²) in [4.78, 5) is 2.35. The predicted molar refractivity (Wildman–Crippen MR) is 62.9 cm³/mol. The van der Waals surface area contributed by atoms with E-state index in [0.717, 1.165) is 6.54 Å². The Balaban J connectivity index is 2.08. The number of rotatable bonds is 6. The summed E-state index contributed by atoms with van der Waals surface area (Å²) in [7, 11) is 0. The Labute approximate surface area is 94.5 Å². The van der Waals surface area contributed by atoms with Crippen molar-refractivity contribution in [3.05, 3.63) is 22.4 Å². The molecule has 1 aromatic heterocycles. The second kappa shape index (κ2) is 5.07. The fraction of sp³-hybridized carbons (Fsp3) is 0.636. The van der Waals surface area contributed by atoms with Gasteiger partial charge < -0.3 is 10.8 Å². The molecule has 0 radical (unpaired) electrons. The molecule has 1 fully saturated rings. The van der Waals surface area contributed by atoms with Gasteiger partial charge in [-0.2, -0.15) is 11.3 Å². The molecule has 3 N–H and O–H groups in total. The summed E-state index contributed by atoms with van der Waals surface area (Å²) in [5, 5.41) is 13.3. The van der Waals surface area contributed by atoms with E-state index in [9.17, 15) is 0 Å². The number of aliphatic hydroxyl groups is 1. The van der Waals surface area contributed by atoms with Gasteiger partial charge in [-0.25, -0.2) is 0 Å². The van der Waals surface area contributed by atoms with Crippen molar-refractivity contribution >= 4 is 11.3 Å². The van der Waals surface area contributed by atoms with Crippen LogP contribution in [0, 0.1) is 0 Å². The van der Waals surface area contributed by atoms with E-state index in [4.69, 9.17) is 10.8 Å². The maximum atomic E-state index is 9.08. The van der Waals surface area contributed by atoms with E-state index in [-0.39, 0.29) is 12.6 Å². The topological polar surface area (TPSA) is 49.5 Å². The Bertz CT molecular complexity index is 285. The average Bonchev–Trinajstić information content (AvgIpc) is 2.96. The molecule has 1 aliphatic rings. The van der Waals surface area contributed by atoms with Crippen LogP contribution in [0.15, 0.2) is 16.8 Å². The maximum Gasteiger partial charge on any atom is 0.0558 e. The van der Waals surface area contributed by atoms with Crippen LogP contribution in [0.1, 0.15) is 24.4 Å². The molecular formula is C11H18N2OS. The average molecular weight is 226 g/mol. The number of nitrogens with two attached hydrogens (primary N) is 1. The molecule has 2 rings (SSSR count). The normalized spacial score (nSPS) is 18.3. The number of hydrogen-bond donors (Lipinski definition) is 2. The highest BCUT2D eigenvalue weighted by atomic mass is 32.1. The second-order valence-corrected chi connectivity index (χ2v) is 4.78. The van der Waals surface area contributed by atoms with E-state index in [1.54, 1.807) is 11.3 Å². The Hall–Kier alpha value is -0.420. The fourth-order valence-electron chi connectivity index (χ4n) is 2.04. The van der Waals surface area contributed by atoms with Gasteiger partial charge in [-0.3, -0.25) is 4.90 Å². The van der Waals surface area contributed by atoms with E-state index in [1.165, 1.54) is 18.4 Å². The van der Waals surface area contributed by atoms with E-state index >= 15 is 0 Å². The molecular weight excluding hydrogens is 208 g/mol. The number of aliphatic hydroxyl groups excluding tert-OH is 1. The zero-order valence-electron chi connectivity index (χ0n) is 8.80. The maximum absolute atomic E-state index is 9.08. The molecule has 1 atom stereocenters. The van der Waals surface area contributed by atoms with Gasteiger partial charge in [0.05, 0.1) is 6.61 Å². The van der Waals surface area contributed by atoms with Crippen LogP contribution in [0.3, 0.4) is 0 Å². The minimum absolute atomic E-state index is 0.219. The summed E-state index contributed by atoms with van der Waals surface area (Å²) in [5.41, 5.74) is 7.14. The Kier molecular flexibility index (Phi) is 3.75. The van der Waals surface area contributed by atoms with Crippen molar-refractivity contribution in [3.8, 4) is 0 Å². The van der Waals surface area contributed by atoms with Gasteiger partial charge in [0, 0.05) is 25.2 Å². The molecule has 0 saturated heterocycles. The van der Waals surface area contributed by atoms with Crippen LogP contribution < -0.4 is 5.73 Å². The summed E-state index contributed by atoms with van der Waals surface area (Å²) in [6.45, 7) is 1.59. The lowest BCUT2D eigenvalue weighted by molar-refractivity contribution is 0.145. The molecule has 1 saturated carbocycles. The van der Waals surface area contributed by atoms with Crippen LogP contribution in [0.5, 0.6) is 0 Å². The SMILES string of the molecule is NCC(c1ccsc1)N(CCO)C1CC1. The van der Waals surface area contributed by atoms with Gasteiger partial charge in [0.2, 0.25) is 0 Å². The first-order valence-corrected chi connectivity index (χ1v) is 6.40. The van der Waals surface area contributed by atoms with Crippen molar-refractivity contribution in [1.82, 2.24) is 4.90 Å². The minimum Gasteiger partial charge on any atom is -0.395 e. The van der Waals surface area contributed by atoms with Gasteiger partial charge in [0.1, 0.15) is 0 Å². The minimum atomic E-state index is 0.219. The predicted octanol–water partition coefficient (Wildman–Crippen LogP) is 1.20. The fourth-order valence-corrected chi connectivity index (χ4v) is 2.75. The highest BCUT2D eigenvalue weighted by molar-refractivity contribution is 7.07. The number of nitrogens with zero attached hydrogens (tertiary/aromatic N) is 1. The van der Waals surface area contributed by atoms with E-state index < -0.39 is 0 Å². The smallest absolute Gasteiger partial charge is 0.0558 e. The molecule has 15 heavy (non-hydrogen) atoms. The number of thiophene rings is 1. The van der Waals surface area contributed by atoms with Gasteiger partial charge in [-0.05, 0) is 35.2 Å². The first kappa shape index (κ1) is 11.1. The van der Waals surface area contributed by atoms with Gasteiger partial charge in [-0.1, -0.05) is 0 Å². The van der Waals surface area contributed by atoms with E-state index in [1.807, 2.05) is 0 Å². The Morgan fingerprint density at radius 3 is 2.87 bits per heavy atom. The van der Waals surface area contributed by atoms with Gasteiger partial charge in [0.25, 0.3) is 0 Å². The first-order chi connectivity index (χ1) is 7.36. The largest absolute Gasteiger partial charge is 0.395 e. The Morgan fingerprint density at radius 1 is 1.60 bits per heavy atom. The summed E-state index contributed by atoms with van der Waals surface area (Å²) in [6.07, 6.45) is 2.50. The van der Waals surface area contributed by atoms with Crippen molar-refractivity contribution in [2.45, 2.75) is 24.9 Å². The third-order valence-corrected chi connectivity index (χ3v) is 3.63. The molecule has 0 aromatic carbocycles. The lowest BCUT2D eigenvalue weighted by Gasteiger charge is -2.30. The molecule has 0 amide bonds. The monoisotopic (exact) mass is 226 g/mol. The van der Waals surface area contributed by atoms with E-state index in [0.29, 0.717) is 12.6 Å². The van der Waals surface area contributed by atoms with Crippen molar-refractivity contribution in [2.24, 2.45) is 5.73 Å². The second-order valence-electron chi connectivity index (χ2n) is 4.00. The zero-order valence-corrected chi connectivity index (χ0v) is 9.62. The third-order valence-electron chi connectivity index (χ3n) is 2.93. The standard InChI is InChI=1S/C11H18N2OS/c12-7-11(9-3-6-15-8-9)13(4-5-14)10-1-2-10/h3,6,8,10-11,14H,1-2,4-5,7,12H2. The molecule has 84 valence electrons. The molecule has 4 heteroatoms. The molecule has 0 bridgehead atoms. The van der Waals surface area contributed by atoms with Gasteiger partial charge >= 0.3 is 0 Å². The molecule has 3 nitrogen and oxygen atoms in total. The molecule has 1 heterocycles. The third kappa shape index (κ3) is 2.58. The quantitative estimate of drug-likeness (QED) is 0.766. The molecule has 1 aliphatic carbocycles. The highest BCUT2D eigenvalue weighted by Gasteiger charge is 2.33. The first-order valence-electron chi connectivity index (χ1n) is 5.45. The summed E-state index contributed by atoms with van der Waals surface area (Å²) < 4.78 is 0. The summed E-state index contributed by atoms with van der Waals surface area (Å²) >= 11 is 1.71. The van der Waals surface area contributed by atoms with Crippen molar-refractivity contribution in [2.75, 3.05) is 19.7 Å². The van der Waals surface area contributed by atoms with Crippen LogP contribution in [0.4, 0.5) is 0 Å². The number of hydrogen-bond acceptors (Lipinski definition) is 4. The van der Waals surface area contributed by atoms with Crippen molar-refractivity contribution in [1.29, 1.82) is 0 Å². The lowest BCUT2D eigenvalue weighted by Crippen LogP contribution is -2.37. The summed E-state index contributed by atoms with van der Waals surface area (Å²) in [5.74, 6) is 0. The molecule has 1 unspecified atom stereocenters. The molecule has 0 aliphatic heterocycles. The summed E-state index contributed by atoms with van der Waals surface area (Å²) in [6, 6.07) is 3.07. The van der Waals surface area contributed by atoms with Crippen LogP contribution in [-0.4, -0.2) is 35.7 Å². The van der Waals surface area contributed by atoms with Crippen molar-refractivity contribution in [3.63, 3.8) is 0 Å². The van der Waals surface area contributed by atoms with Crippen molar-refractivity contribution < 1.29 is 5.11 Å². The highest BCUT2D eigenvalue weighted by Crippen LogP contribution is 2.34. The van der Waals surface area contributed by atoms with Gasteiger partial charge in [-0.15, -0.1) is 0 Å². The molecule has 0 spiro atoms. The van der Waals surface area contributed by atoms with Gasteiger partial charge in [0.15, 0.2) is 0 Å². The van der Waals surface area contributed by atoms with Crippen LogP contribution in [0.25, 0.3) is 0 Å². The molecule has 1 aromatic rings. The van der Waals surface area contributed by atoms with Crippen LogP contribution >= 0.6 is 11.3 Å². The Morgan fingerprint density at radius 2 is 2.40 bits per heavy atom. The lowest BCUT2D eigenvalue weighted by atomic mass is 10.1.